The molecule has 1 fully saturated rings. The summed E-state index contributed by atoms with van der Waals surface area (Å²) in [5.74, 6) is -0.0283. The van der Waals surface area contributed by atoms with Gasteiger partial charge in [-0.3, -0.25) is 9.78 Å². The molecule has 1 aliphatic rings. The molecule has 0 spiro atoms. The molecule has 3 rings (SSSR count). The summed E-state index contributed by atoms with van der Waals surface area (Å²) < 4.78 is 0. The fourth-order valence-electron chi connectivity index (χ4n) is 3.69. The molecule has 0 atom stereocenters. The highest BCUT2D eigenvalue weighted by molar-refractivity contribution is 5.94. The second kappa shape index (κ2) is 9.58. The Balaban J connectivity index is 1.60. The number of rotatable bonds is 7. The molecule has 0 saturated carbocycles. The maximum absolute atomic E-state index is 12.4. The number of amides is 1. The lowest BCUT2D eigenvalue weighted by Gasteiger charge is -2.38. The fraction of sp³-hybridized carbons (Fsp3) is 0.478. The summed E-state index contributed by atoms with van der Waals surface area (Å²) in [6.45, 7) is 11.0. The average Bonchev–Trinajstić information content (AvgIpc) is 2.73. The van der Waals surface area contributed by atoms with E-state index in [4.69, 9.17) is 0 Å². The minimum Gasteiger partial charge on any atom is -0.368 e. The monoisotopic (exact) mass is 380 g/mol. The number of piperazine rings is 1. The molecule has 1 N–H and O–H groups in total. The number of hydrogen-bond acceptors (Lipinski definition) is 4. The predicted molar refractivity (Wildman–Crippen MR) is 116 cm³/mol. The van der Waals surface area contributed by atoms with Crippen LogP contribution in [0.5, 0.6) is 0 Å². The van der Waals surface area contributed by atoms with Gasteiger partial charge in [-0.05, 0) is 43.5 Å². The minimum atomic E-state index is -0.0283. The highest BCUT2D eigenvalue weighted by atomic mass is 16.1. The van der Waals surface area contributed by atoms with Crippen LogP contribution in [-0.2, 0) is 0 Å². The maximum atomic E-state index is 12.4. The summed E-state index contributed by atoms with van der Waals surface area (Å²) in [7, 11) is 0. The number of aromatic nitrogens is 1. The summed E-state index contributed by atoms with van der Waals surface area (Å²) in [5, 5.41) is 3.00. The van der Waals surface area contributed by atoms with Crippen LogP contribution in [-0.4, -0.2) is 43.6 Å². The summed E-state index contributed by atoms with van der Waals surface area (Å²) in [5.41, 5.74) is 5.70. The molecule has 1 saturated heterocycles. The molecule has 0 radical (unpaired) electrons. The van der Waals surface area contributed by atoms with Crippen LogP contribution in [0.3, 0.4) is 0 Å². The van der Waals surface area contributed by atoms with Gasteiger partial charge >= 0.3 is 0 Å². The van der Waals surface area contributed by atoms with Crippen molar-refractivity contribution in [3.8, 4) is 0 Å². The molecule has 1 amide bonds. The largest absolute Gasteiger partial charge is 0.368 e. The van der Waals surface area contributed by atoms with Gasteiger partial charge in [-0.2, -0.15) is 0 Å². The molecule has 0 aliphatic carbocycles. The number of benzene rings is 1. The SMILES string of the molecule is CCCCCNC(=O)c1cncc(N2CCN(c3cccc(C)c3C)CC2)c1. The first-order chi connectivity index (χ1) is 13.6. The van der Waals surface area contributed by atoms with Crippen LogP contribution in [0.4, 0.5) is 11.4 Å². The number of pyridine rings is 1. The molecule has 1 aromatic heterocycles. The highest BCUT2D eigenvalue weighted by Gasteiger charge is 2.20. The molecule has 5 heteroatoms. The Morgan fingerprint density at radius 3 is 2.57 bits per heavy atom. The van der Waals surface area contributed by atoms with Gasteiger partial charge in [0.05, 0.1) is 17.4 Å². The van der Waals surface area contributed by atoms with E-state index in [1.54, 1.807) is 6.20 Å². The first-order valence-corrected chi connectivity index (χ1v) is 10.4. The van der Waals surface area contributed by atoms with E-state index < -0.39 is 0 Å². The number of hydrogen-bond donors (Lipinski definition) is 1. The molecule has 1 aromatic carbocycles. The number of anilines is 2. The van der Waals surface area contributed by atoms with Crippen LogP contribution in [0.1, 0.15) is 47.7 Å². The summed E-state index contributed by atoms with van der Waals surface area (Å²) >= 11 is 0. The van der Waals surface area contributed by atoms with Gasteiger partial charge in [0.25, 0.3) is 5.91 Å². The molecule has 0 unspecified atom stereocenters. The van der Waals surface area contributed by atoms with Gasteiger partial charge in [0, 0.05) is 44.6 Å². The van der Waals surface area contributed by atoms with Gasteiger partial charge in [0.2, 0.25) is 0 Å². The lowest BCUT2D eigenvalue weighted by atomic mass is 10.1. The van der Waals surface area contributed by atoms with Gasteiger partial charge in [-0.25, -0.2) is 0 Å². The van der Waals surface area contributed by atoms with Crippen LogP contribution < -0.4 is 15.1 Å². The third-order valence-electron chi connectivity index (χ3n) is 5.61. The number of nitrogens with one attached hydrogen (secondary N) is 1. The minimum absolute atomic E-state index is 0.0283. The van der Waals surface area contributed by atoms with Crippen molar-refractivity contribution in [3.05, 3.63) is 53.3 Å². The van der Waals surface area contributed by atoms with Crippen LogP contribution in [0, 0.1) is 13.8 Å². The third-order valence-corrected chi connectivity index (χ3v) is 5.61. The van der Waals surface area contributed by atoms with Gasteiger partial charge in [-0.1, -0.05) is 31.9 Å². The molecule has 5 nitrogen and oxygen atoms in total. The molecular formula is C23H32N4O. The van der Waals surface area contributed by atoms with Crippen molar-refractivity contribution in [1.82, 2.24) is 10.3 Å². The highest BCUT2D eigenvalue weighted by Crippen LogP contribution is 2.25. The third kappa shape index (κ3) is 4.83. The van der Waals surface area contributed by atoms with Crippen LogP contribution >= 0.6 is 0 Å². The number of unbranched alkanes of at least 4 members (excludes halogenated alkanes) is 2. The zero-order valence-corrected chi connectivity index (χ0v) is 17.4. The van der Waals surface area contributed by atoms with Crippen molar-refractivity contribution in [1.29, 1.82) is 0 Å². The van der Waals surface area contributed by atoms with Crippen molar-refractivity contribution in [2.24, 2.45) is 0 Å². The Bertz CT molecular complexity index is 797. The van der Waals surface area contributed by atoms with E-state index in [1.165, 1.54) is 16.8 Å². The van der Waals surface area contributed by atoms with Crippen LogP contribution in [0.25, 0.3) is 0 Å². The molecule has 1 aliphatic heterocycles. The number of nitrogens with zero attached hydrogens (tertiary/aromatic N) is 3. The van der Waals surface area contributed by atoms with Crippen molar-refractivity contribution >= 4 is 17.3 Å². The molecular weight excluding hydrogens is 348 g/mol. The van der Waals surface area contributed by atoms with Crippen molar-refractivity contribution in [2.45, 2.75) is 40.0 Å². The zero-order valence-electron chi connectivity index (χ0n) is 17.4. The van der Waals surface area contributed by atoms with Crippen molar-refractivity contribution in [2.75, 3.05) is 42.5 Å². The Morgan fingerprint density at radius 2 is 1.82 bits per heavy atom. The Labute approximate surface area is 168 Å². The topological polar surface area (TPSA) is 48.5 Å². The lowest BCUT2D eigenvalue weighted by molar-refractivity contribution is 0.0952. The van der Waals surface area contributed by atoms with E-state index >= 15 is 0 Å². The van der Waals surface area contributed by atoms with Gasteiger partial charge in [-0.15, -0.1) is 0 Å². The molecule has 28 heavy (non-hydrogen) atoms. The van der Waals surface area contributed by atoms with Gasteiger partial charge < -0.3 is 15.1 Å². The number of carbonyl (C=O) groups is 1. The molecule has 150 valence electrons. The quantitative estimate of drug-likeness (QED) is 0.739. The lowest BCUT2D eigenvalue weighted by Crippen LogP contribution is -2.46. The van der Waals surface area contributed by atoms with Crippen LogP contribution in [0.15, 0.2) is 36.7 Å². The smallest absolute Gasteiger partial charge is 0.252 e. The average molecular weight is 381 g/mol. The summed E-state index contributed by atoms with van der Waals surface area (Å²) in [4.78, 5) is 21.5. The van der Waals surface area contributed by atoms with E-state index in [9.17, 15) is 4.79 Å². The first-order valence-electron chi connectivity index (χ1n) is 10.4. The van der Waals surface area contributed by atoms with E-state index in [2.05, 4.69) is 59.1 Å². The van der Waals surface area contributed by atoms with Crippen molar-refractivity contribution in [3.63, 3.8) is 0 Å². The van der Waals surface area contributed by atoms with Gasteiger partial charge in [0.15, 0.2) is 0 Å². The second-order valence-electron chi connectivity index (χ2n) is 7.59. The van der Waals surface area contributed by atoms with E-state index in [0.29, 0.717) is 5.56 Å². The van der Waals surface area contributed by atoms with E-state index in [0.717, 1.165) is 57.7 Å². The normalized spacial score (nSPS) is 14.2. The molecule has 2 aromatic rings. The molecule has 0 bridgehead atoms. The molecule has 2 heterocycles. The van der Waals surface area contributed by atoms with Crippen molar-refractivity contribution < 1.29 is 4.79 Å². The number of aryl methyl sites for hydroxylation is 1. The zero-order chi connectivity index (χ0) is 19.9. The van der Waals surface area contributed by atoms with Gasteiger partial charge in [0.1, 0.15) is 0 Å². The Kier molecular flexibility index (Phi) is 6.90. The van der Waals surface area contributed by atoms with E-state index in [-0.39, 0.29) is 5.91 Å². The predicted octanol–water partition coefficient (Wildman–Crippen LogP) is 3.95. The van der Waals surface area contributed by atoms with Crippen LogP contribution in [0.2, 0.25) is 0 Å². The number of carbonyl (C=O) groups excluding carboxylic acids is 1. The summed E-state index contributed by atoms with van der Waals surface area (Å²) in [6, 6.07) is 8.48. The Morgan fingerprint density at radius 1 is 1.07 bits per heavy atom. The standard InChI is InChI=1S/C23H32N4O/c1-4-5-6-10-25-23(28)20-15-21(17-24-16-20)26-11-13-27(14-12-26)22-9-7-8-18(2)19(22)3/h7-9,15-17H,4-6,10-14H2,1-3H3,(H,25,28). The first kappa shape index (κ1) is 20.2. The van der Waals surface area contributed by atoms with E-state index in [1.807, 2.05) is 12.3 Å². The summed E-state index contributed by atoms with van der Waals surface area (Å²) in [6.07, 6.45) is 6.84. The fourth-order valence-corrected chi connectivity index (χ4v) is 3.69. The second-order valence-corrected chi connectivity index (χ2v) is 7.59. The maximum Gasteiger partial charge on any atom is 0.252 e. The Hall–Kier alpha value is -2.56.